The van der Waals surface area contributed by atoms with Crippen LogP contribution < -0.4 is 10.2 Å². The molecule has 22 heavy (non-hydrogen) atoms. The molecule has 4 heteroatoms. The molecule has 0 bridgehead atoms. The summed E-state index contributed by atoms with van der Waals surface area (Å²) < 4.78 is 6.09. The predicted octanol–water partition coefficient (Wildman–Crippen LogP) is 3.22. The molecule has 3 unspecified atom stereocenters. The van der Waals surface area contributed by atoms with Crippen molar-refractivity contribution < 1.29 is 14.7 Å². The van der Waals surface area contributed by atoms with Gasteiger partial charge >= 0.3 is 0 Å². The van der Waals surface area contributed by atoms with Crippen LogP contribution in [0.15, 0.2) is 73.3 Å². The van der Waals surface area contributed by atoms with Gasteiger partial charge in [-0.2, -0.15) is 5.48 Å². The first-order valence-electron chi connectivity index (χ1n) is 7.19. The lowest BCUT2D eigenvalue weighted by molar-refractivity contribution is -0.148. The fraction of sp³-hybridized carbons (Fsp3) is 0.222. The molecule has 2 N–H and O–H groups in total. The van der Waals surface area contributed by atoms with Gasteiger partial charge in [0.05, 0.1) is 6.04 Å². The Kier molecular flexibility index (Phi) is 6.15. The zero-order chi connectivity index (χ0) is 15.8. The van der Waals surface area contributed by atoms with Gasteiger partial charge in [0.1, 0.15) is 11.9 Å². The number of aliphatic hydroxyl groups is 1. The molecule has 0 amide bonds. The first-order chi connectivity index (χ1) is 10.7. The molecule has 4 nitrogen and oxygen atoms in total. The van der Waals surface area contributed by atoms with Crippen LogP contribution in [0.3, 0.4) is 0 Å². The van der Waals surface area contributed by atoms with E-state index in [1.54, 1.807) is 6.08 Å². The molecular formula is C18H21NO3. The van der Waals surface area contributed by atoms with Crippen LogP contribution in [0.4, 0.5) is 0 Å². The monoisotopic (exact) mass is 299 g/mol. The first kappa shape index (κ1) is 16.2. The molecule has 0 spiro atoms. The first-order valence-corrected chi connectivity index (χ1v) is 7.19. The minimum Gasteiger partial charge on any atom is -0.484 e. The summed E-state index contributed by atoms with van der Waals surface area (Å²) in [6.07, 6.45) is 0.443. The molecule has 2 rings (SSSR count). The Bertz CT molecular complexity index is 557. The topological polar surface area (TPSA) is 50.7 Å². The van der Waals surface area contributed by atoms with Gasteiger partial charge in [0.25, 0.3) is 0 Å². The van der Waals surface area contributed by atoms with E-state index in [1.807, 2.05) is 60.7 Å². The predicted molar refractivity (Wildman–Crippen MR) is 86.1 cm³/mol. The number of para-hydroxylation sites is 1. The minimum atomic E-state index is -0.921. The van der Waals surface area contributed by atoms with Crippen molar-refractivity contribution in [1.82, 2.24) is 5.48 Å². The number of hydrogen-bond acceptors (Lipinski definition) is 4. The van der Waals surface area contributed by atoms with Gasteiger partial charge in [-0.3, -0.25) is 4.84 Å². The largest absolute Gasteiger partial charge is 0.484 e. The Morgan fingerprint density at radius 3 is 2.18 bits per heavy atom. The molecule has 0 saturated heterocycles. The summed E-state index contributed by atoms with van der Waals surface area (Å²) in [5.74, 6) is 0.752. The molecular weight excluding hydrogens is 278 g/mol. The van der Waals surface area contributed by atoms with E-state index in [0.717, 1.165) is 11.3 Å². The number of nitrogens with one attached hydrogen (secondary N) is 1. The highest BCUT2D eigenvalue weighted by Gasteiger charge is 2.23. The maximum Gasteiger partial charge on any atom is 0.171 e. The van der Waals surface area contributed by atoms with Crippen molar-refractivity contribution >= 4 is 0 Å². The van der Waals surface area contributed by atoms with Gasteiger partial charge < -0.3 is 9.84 Å². The third-order valence-corrected chi connectivity index (χ3v) is 3.09. The zero-order valence-electron chi connectivity index (χ0n) is 12.6. The number of aliphatic hydroxyl groups excluding tert-OH is 1. The van der Waals surface area contributed by atoms with E-state index < -0.39 is 6.29 Å². The summed E-state index contributed by atoms with van der Waals surface area (Å²) in [4.78, 5) is 5.09. The quantitative estimate of drug-likeness (QED) is 0.446. The highest BCUT2D eigenvalue weighted by Crippen LogP contribution is 2.25. The Balaban J connectivity index is 2.22. The third kappa shape index (κ3) is 4.70. The standard InChI is InChI=1S/C18H21NO3/c1-3-17(19-22-14(2)20)18(15-10-6-4-7-11-15)21-16-12-8-5-9-13-16/h3-14,17-20H,1H2,2H3. The normalized spacial score (nSPS) is 14.8. The summed E-state index contributed by atoms with van der Waals surface area (Å²) in [5, 5.41) is 9.28. The molecule has 0 aromatic heterocycles. The number of hydrogen-bond donors (Lipinski definition) is 2. The average molecular weight is 299 g/mol. The van der Waals surface area contributed by atoms with Crippen molar-refractivity contribution in [3.8, 4) is 5.75 Å². The number of ether oxygens (including phenoxy) is 1. The molecule has 0 saturated carbocycles. The van der Waals surface area contributed by atoms with Gasteiger partial charge in [-0.15, -0.1) is 6.58 Å². The number of benzene rings is 2. The van der Waals surface area contributed by atoms with Crippen molar-refractivity contribution in [2.45, 2.75) is 25.4 Å². The van der Waals surface area contributed by atoms with Crippen LogP contribution in [-0.2, 0) is 4.84 Å². The van der Waals surface area contributed by atoms with E-state index >= 15 is 0 Å². The maximum absolute atomic E-state index is 9.28. The SMILES string of the molecule is C=CC(NOC(C)O)C(Oc1ccccc1)c1ccccc1. The van der Waals surface area contributed by atoms with Gasteiger partial charge in [0, 0.05) is 0 Å². The Morgan fingerprint density at radius 2 is 1.64 bits per heavy atom. The molecule has 2 aromatic carbocycles. The van der Waals surface area contributed by atoms with Crippen LogP contribution in [-0.4, -0.2) is 17.4 Å². The Labute approximate surface area is 131 Å². The second-order valence-electron chi connectivity index (χ2n) is 4.86. The summed E-state index contributed by atoms with van der Waals surface area (Å²) in [7, 11) is 0. The van der Waals surface area contributed by atoms with E-state index in [0.29, 0.717) is 0 Å². The van der Waals surface area contributed by atoms with Crippen molar-refractivity contribution in [2.75, 3.05) is 0 Å². The minimum absolute atomic E-state index is 0.322. The lowest BCUT2D eigenvalue weighted by atomic mass is 10.0. The van der Waals surface area contributed by atoms with Crippen LogP contribution in [0.25, 0.3) is 0 Å². The molecule has 116 valence electrons. The number of rotatable bonds is 8. The zero-order valence-corrected chi connectivity index (χ0v) is 12.6. The van der Waals surface area contributed by atoms with Gasteiger partial charge in [0.15, 0.2) is 6.29 Å². The fourth-order valence-corrected chi connectivity index (χ4v) is 2.05. The summed E-state index contributed by atoms with van der Waals surface area (Å²) >= 11 is 0. The molecule has 3 atom stereocenters. The van der Waals surface area contributed by atoms with Crippen molar-refractivity contribution in [3.63, 3.8) is 0 Å². The smallest absolute Gasteiger partial charge is 0.171 e. The molecule has 0 heterocycles. The number of hydroxylamine groups is 1. The third-order valence-electron chi connectivity index (χ3n) is 3.09. The maximum atomic E-state index is 9.28. The molecule has 0 radical (unpaired) electrons. The second kappa shape index (κ2) is 8.34. The van der Waals surface area contributed by atoms with Crippen LogP contribution >= 0.6 is 0 Å². The van der Waals surface area contributed by atoms with E-state index in [2.05, 4.69) is 12.1 Å². The van der Waals surface area contributed by atoms with Gasteiger partial charge in [-0.25, -0.2) is 0 Å². The lowest BCUT2D eigenvalue weighted by Gasteiger charge is -2.27. The molecule has 0 aliphatic carbocycles. The summed E-state index contributed by atoms with van der Waals surface area (Å²) in [6.45, 7) is 5.35. The molecule has 2 aromatic rings. The van der Waals surface area contributed by atoms with E-state index in [-0.39, 0.29) is 12.1 Å². The Morgan fingerprint density at radius 1 is 1.05 bits per heavy atom. The fourth-order valence-electron chi connectivity index (χ4n) is 2.05. The second-order valence-corrected chi connectivity index (χ2v) is 4.86. The van der Waals surface area contributed by atoms with Crippen molar-refractivity contribution in [1.29, 1.82) is 0 Å². The van der Waals surface area contributed by atoms with Crippen molar-refractivity contribution in [3.05, 3.63) is 78.9 Å². The van der Waals surface area contributed by atoms with Crippen molar-refractivity contribution in [2.24, 2.45) is 0 Å². The van der Waals surface area contributed by atoms with Gasteiger partial charge in [-0.05, 0) is 24.6 Å². The molecule has 0 fully saturated rings. The molecule has 0 aliphatic rings. The van der Waals surface area contributed by atoms with Crippen LogP contribution in [0.5, 0.6) is 5.75 Å². The van der Waals surface area contributed by atoms with Crippen LogP contribution in [0.2, 0.25) is 0 Å². The lowest BCUT2D eigenvalue weighted by Crippen LogP contribution is -2.38. The Hall–Kier alpha value is -2.14. The van der Waals surface area contributed by atoms with Crippen LogP contribution in [0, 0.1) is 0 Å². The van der Waals surface area contributed by atoms with E-state index in [4.69, 9.17) is 9.57 Å². The molecule has 0 aliphatic heterocycles. The van der Waals surface area contributed by atoms with Gasteiger partial charge in [-0.1, -0.05) is 54.6 Å². The van der Waals surface area contributed by atoms with E-state index in [9.17, 15) is 5.11 Å². The average Bonchev–Trinajstić information content (AvgIpc) is 2.56. The van der Waals surface area contributed by atoms with Gasteiger partial charge in [0.2, 0.25) is 0 Å². The summed E-state index contributed by atoms with van der Waals surface area (Å²) in [6, 6.07) is 19.0. The summed E-state index contributed by atoms with van der Waals surface area (Å²) in [5.41, 5.74) is 3.78. The highest BCUT2D eigenvalue weighted by atomic mass is 16.7. The van der Waals surface area contributed by atoms with E-state index in [1.165, 1.54) is 6.92 Å². The highest BCUT2D eigenvalue weighted by molar-refractivity contribution is 5.26. The van der Waals surface area contributed by atoms with Crippen LogP contribution in [0.1, 0.15) is 18.6 Å².